The summed E-state index contributed by atoms with van der Waals surface area (Å²) in [5.41, 5.74) is 5.49. The second kappa shape index (κ2) is 21.3. The molecule has 0 heterocycles. The van der Waals surface area contributed by atoms with Crippen molar-refractivity contribution in [3.8, 4) is 17.2 Å². The van der Waals surface area contributed by atoms with E-state index in [2.05, 4.69) is 47.6 Å². The van der Waals surface area contributed by atoms with Crippen LogP contribution in [-0.2, 0) is 0 Å². The van der Waals surface area contributed by atoms with E-state index in [9.17, 15) is 4.79 Å². The predicted molar refractivity (Wildman–Crippen MR) is 180 cm³/mol. The van der Waals surface area contributed by atoms with E-state index >= 15 is 0 Å². The van der Waals surface area contributed by atoms with Crippen molar-refractivity contribution in [2.24, 2.45) is 0 Å². The summed E-state index contributed by atoms with van der Waals surface area (Å²) in [6.45, 7) is 16.9. The molecule has 2 aromatic rings. The quantitative estimate of drug-likeness (QED) is 0.0841. The van der Waals surface area contributed by atoms with Crippen molar-refractivity contribution in [2.75, 3.05) is 19.8 Å². The molecule has 0 saturated heterocycles. The fourth-order valence-corrected chi connectivity index (χ4v) is 6.22. The van der Waals surface area contributed by atoms with E-state index in [0.29, 0.717) is 19.8 Å². The third-order valence-corrected chi connectivity index (χ3v) is 8.86. The molecule has 0 amide bonds. The van der Waals surface area contributed by atoms with Gasteiger partial charge in [0.2, 0.25) is 0 Å². The minimum absolute atomic E-state index is 0. The number of ether oxygens (including phenoxy) is 3. The Morgan fingerprint density at radius 3 is 1.54 bits per heavy atom. The molecule has 41 heavy (non-hydrogen) atoms. The summed E-state index contributed by atoms with van der Waals surface area (Å²) in [6.07, 6.45) is 13.7. The van der Waals surface area contributed by atoms with Crippen LogP contribution in [-0.4, -0.2) is 44.2 Å². The second-order valence-electron chi connectivity index (χ2n) is 11.1. The van der Waals surface area contributed by atoms with Crippen molar-refractivity contribution < 1.29 is 19.0 Å². The van der Waals surface area contributed by atoms with E-state index < -0.39 is 0 Å². The van der Waals surface area contributed by atoms with Gasteiger partial charge in [-0.1, -0.05) is 84.6 Å². The monoisotopic (exact) mass is 578 g/mol. The molecule has 0 aromatic heterocycles. The Morgan fingerprint density at radius 2 is 1.07 bits per heavy atom. The van der Waals surface area contributed by atoms with E-state index in [4.69, 9.17) is 14.2 Å². The van der Waals surface area contributed by atoms with Crippen molar-refractivity contribution in [1.82, 2.24) is 0 Å². The number of carbonyl (C=O) groups is 1. The standard InChI is InChI=1S/C35H55O4P.Li.H/c1-8-11-14-17-20-37-30-24-31(38-21-18-15-12-9-2)34(32(25-30)39-22-19-16-13-10-3)40-35(36)33-27(5)23-26(4)28(6)29(33)7;;/h23-25,40H,8-22H2,1-7H3;;. The van der Waals surface area contributed by atoms with E-state index in [1.54, 1.807) is 0 Å². The summed E-state index contributed by atoms with van der Waals surface area (Å²) in [5.74, 6) is 2.23. The zero-order chi connectivity index (χ0) is 29.3. The Morgan fingerprint density at radius 1 is 0.610 bits per heavy atom. The van der Waals surface area contributed by atoms with E-state index in [1.807, 2.05) is 19.1 Å². The van der Waals surface area contributed by atoms with E-state index in [0.717, 1.165) is 71.3 Å². The molecule has 226 valence electrons. The van der Waals surface area contributed by atoms with Crippen molar-refractivity contribution >= 4 is 38.3 Å². The third-order valence-electron chi connectivity index (χ3n) is 7.64. The Kier molecular flexibility index (Phi) is 19.5. The van der Waals surface area contributed by atoms with Crippen LogP contribution in [0.25, 0.3) is 0 Å². The zero-order valence-electron chi connectivity index (χ0n) is 26.5. The Labute approximate surface area is 265 Å². The average molecular weight is 579 g/mol. The number of hydrogen-bond donors (Lipinski definition) is 0. The third kappa shape index (κ3) is 12.7. The van der Waals surface area contributed by atoms with Crippen molar-refractivity contribution in [3.05, 3.63) is 46.0 Å². The van der Waals surface area contributed by atoms with Gasteiger partial charge in [-0.15, -0.1) is 0 Å². The van der Waals surface area contributed by atoms with Crippen molar-refractivity contribution in [3.63, 3.8) is 0 Å². The van der Waals surface area contributed by atoms with Gasteiger partial charge < -0.3 is 14.2 Å². The van der Waals surface area contributed by atoms with Crippen LogP contribution in [0.1, 0.15) is 130 Å². The average Bonchev–Trinajstić information content (AvgIpc) is 2.92. The Bertz CT molecular complexity index is 1020. The zero-order valence-corrected chi connectivity index (χ0v) is 27.5. The summed E-state index contributed by atoms with van der Waals surface area (Å²) in [7, 11) is -0.0821. The molecule has 2 aromatic carbocycles. The molecule has 1 unspecified atom stereocenters. The van der Waals surface area contributed by atoms with Crippen molar-refractivity contribution in [2.45, 2.75) is 126 Å². The number of aryl methyl sites for hydroxylation is 2. The number of rotatable bonds is 21. The van der Waals surface area contributed by atoms with Gasteiger partial charge in [0.25, 0.3) is 0 Å². The van der Waals surface area contributed by atoms with Gasteiger partial charge in [0.15, 0.2) is 5.52 Å². The fourth-order valence-electron chi connectivity index (χ4n) is 4.95. The summed E-state index contributed by atoms with van der Waals surface area (Å²) in [4.78, 5) is 13.9. The van der Waals surface area contributed by atoms with Gasteiger partial charge in [-0.3, -0.25) is 4.79 Å². The molecule has 0 bridgehead atoms. The van der Waals surface area contributed by atoms with Crippen LogP contribution in [0.3, 0.4) is 0 Å². The van der Waals surface area contributed by atoms with Crippen LogP contribution < -0.4 is 19.5 Å². The van der Waals surface area contributed by atoms with Gasteiger partial charge in [-0.2, -0.15) is 0 Å². The number of carbonyl (C=O) groups excluding carboxylic acids is 1. The van der Waals surface area contributed by atoms with Crippen molar-refractivity contribution in [1.29, 1.82) is 0 Å². The van der Waals surface area contributed by atoms with Crippen LogP contribution in [0.15, 0.2) is 18.2 Å². The molecule has 2 rings (SSSR count). The van der Waals surface area contributed by atoms with Crippen LogP contribution in [0, 0.1) is 27.7 Å². The fraction of sp³-hybridized carbons (Fsp3) is 0.629. The molecule has 0 radical (unpaired) electrons. The van der Waals surface area contributed by atoms with Gasteiger partial charge >= 0.3 is 18.9 Å². The molecule has 0 saturated carbocycles. The first-order valence-corrected chi connectivity index (χ1v) is 16.8. The SMILES string of the molecule is CCCCCCOc1cc(OCCCCCC)c(PC(=O)c2c(C)cc(C)c(C)c2C)c(OCCCCCC)c1.[LiH]. The second-order valence-corrected chi connectivity index (χ2v) is 12.3. The normalized spacial score (nSPS) is 11.1. The molecule has 0 aliphatic rings. The predicted octanol–water partition coefficient (Wildman–Crippen LogP) is 9.29. The van der Waals surface area contributed by atoms with Gasteiger partial charge in [0, 0.05) is 17.7 Å². The summed E-state index contributed by atoms with van der Waals surface area (Å²) in [6, 6.07) is 6.10. The van der Waals surface area contributed by atoms with Crippen LogP contribution in [0.5, 0.6) is 17.2 Å². The molecule has 0 aliphatic carbocycles. The van der Waals surface area contributed by atoms with Crippen LogP contribution in [0.4, 0.5) is 0 Å². The molecular formula is C35H56LiO4P. The molecule has 0 N–H and O–H groups in total. The topological polar surface area (TPSA) is 44.8 Å². The van der Waals surface area contributed by atoms with Gasteiger partial charge in [0.1, 0.15) is 17.2 Å². The maximum atomic E-state index is 13.9. The first-order valence-electron chi connectivity index (χ1n) is 15.8. The molecule has 4 nitrogen and oxygen atoms in total. The molecule has 0 fully saturated rings. The molecular weight excluding hydrogens is 522 g/mol. The number of hydrogen-bond acceptors (Lipinski definition) is 4. The first-order chi connectivity index (χ1) is 19.3. The summed E-state index contributed by atoms with van der Waals surface area (Å²) < 4.78 is 19.0. The first kappa shape index (κ1) is 37.6. The molecule has 1 atom stereocenters. The Hall–Kier alpha value is -1.46. The van der Waals surface area contributed by atoms with Gasteiger partial charge in [-0.05, 0) is 77.8 Å². The Balaban J connectivity index is 0.00000840. The number of benzene rings is 2. The summed E-state index contributed by atoms with van der Waals surface area (Å²) in [5, 5.41) is 0.867. The molecule has 0 spiro atoms. The maximum absolute atomic E-state index is 13.9. The van der Waals surface area contributed by atoms with Crippen LogP contribution in [0.2, 0.25) is 0 Å². The number of unbranched alkanes of at least 4 members (excludes halogenated alkanes) is 9. The molecule has 0 aliphatic heterocycles. The van der Waals surface area contributed by atoms with Gasteiger partial charge in [-0.25, -0.2) is 0 Å². The van der Waals surface area contributed by atoms with E-state index in [-0.39, 0.29) is 33.0 Å². The molecule has 6 heteroatoms. The van der Waals surface area contributed by atoms with Gasteiger partial charge in [0.05, 0.1) is 25.1 Å². The van der Waals surface area contributed by atoms with E-state index in [1.165, 1.54) is 56.1 Å². The minimum atomic E-state index is -0.0821. The summed E-state index contributed by atoms with van der Waals surface area (Å²) >= 11 is 0. The van der Waals surface area contributed by atoms with Crippen LogP contribution >= 0.6 is 8.58 Å².